The molecule has 226 valence electrons. The van der Waals surface area contributed by atoms with Crippen molar-refractivity contribution in [2.24, 2.45) is 0 Å². The summed E-state index contributed by atoms with van der Waals surface area (Å²) in [6.07, 6.45) is 9.24. The predicted octanol–water partition coefficient (Wildman–Crippen LogP) is 9.37. The van der Waals surface area contributed by atoms with E-state index in [0.717, 1.165) is 25.7 Å². The van der Waals surface area contributed by atoms with Gasteiger partial charge in [-0.15, -0.1) is 24.8 Å². The molecule has 4 aromatic carbocycles. The number of halogens is 2. The Balaban J connectivity index is 0.00000221. The van der Waals surface area contributed by atoms with E-state index in [-0.39, 0.29) is 24.8 Å². The molecule has 0 N–H and O–H groups in total. The first-order valence-electron chi connectivity index (χ1n) is 15.5. The quantitative estimate of drug-likeness (QED) is 0.160. The van der Waals surface area contributed by atoms with Crippen LogP contribution in [0.15, 0.2) is 139 Å². The van der Waals surface area contributed by atoms with Crippen molar-refractivity contribution in [1.29, 1.82) is 0 Å². The number of benzene rings is 4. The summed E-state index contributed by atoms with van der Waals surface area (Å²) in [5.74, 6) is 0. The maximum atomic E-state index is 2.53. The van der Waals surface area contributed by atoms with Gasteiger partial charge in [-0.2, -0.15) is 0 Å². The number of aryl methyl sites for hydroxylation is 2. The van der Waals surface area contributed by atoms with Gasteiger partial charge >= 0.3 is 257 Å². The Morgan fingerprint density at radius 2 is 0.864 bits per heavy atom. The van der Waals surface area contributed by atoms with Gasteiger partial charge in [0.1, 0.15) is 0 Å². The fourth-order valence-electron chi connectivity index (χ4n) is 7.79. The smallest absolute Gasteiger partial charge is 0.147 e. The zero-order chi connectivity index (χ0) is 29.3. The van der Waals surface area contributed by atoms with E-state index in [1.54, 1.807) is 13.1 Å². The van der Waals surface area contributed by atoms with Crippen LogP contribution in [0.2, 0.25) is 0 Å². The van der Waals surface area contributed by atoms with Crippen LogP contribution in [-0.2, 0) is 30.2 Å². The summed E-state index contributed by atoms with van der Waals surface area (Å²) < 4.78 is 6.51. The summed E-state index contributed by atoms with van der Waals surface area (Å²) in [5, 5.41) is 0. The second-order valence-electron chi connectivity index (χ2n) is 12.1. The minimum atomic E-state index is -4.37. The molecule has 0 amide bonds. The standard InChI is InChI=1S/2C14H15.2C6H5.2ClH.H2Si.Zr/c2*1-3-12-7-9-13(10-8-12)14-6-4-5-11(14)2;2*1-2-4-6-5-3-1;;;;/h2*6-10H,3-4H2,1-2H3;2*1-5H;2*1H;1H2;. The maximum Gasteiger partial charge on any atom is -0.147 e. The molecule has 0 saturated heterocycles. The summed E-state index contributed by atoms with van der Waals surface area (Å²) in [7, 11) is 0. The van der Waals surface area contributed by atoms with E-state index in [1.165, 1.54) is 44.5 Å². The Morgan fingerprint density at radius 3 is 1.18 bits per heavy atom. The molecule has 6 rings (SSSR count). The van der Waals surface area contributed by atoms with E-state index in [0.29, 0.717) is 0 Å². The Labute approximate surface area is 279 Å². The van der Waals surface area contributed by atoms with Gasteiger partial charge in [0.15, 0.2) is 0 Å². The van der Waals surface area contributed by atoms with E-state index in [1.807, 2.05) is 0 Å². The molecule has 4 aromatic rings. The normalized spacial score (nSPS) is 15.0. The SMILES string of the molecule is CCc1ccc(C2=CC[C]([Zr](=[SiH2])([C]3=C(C)C(c4ccc(CC)cc4)=CC3)([c]3ccccc3)[c]3ccccc3)=C2C)cc1.Cl.Cl. The molecular formula is C40H44Cl2SiZr. The van der Waals surface area contributed by atoms with Gasteiger partial charge in [-0.1, -0.05) is 0 Å². The first-order valence-corrected chi connectivity index (χ1v) is 26.4. The molecule has 0 atom stereocenters. The molecule has 0 aromatic heterocycles. The van der Waals surface area contributed by atoms with Crippen LogP contribution in [-0.4, -0.2) is 6.88 Å². The van der Waals surface area contributed by atoms with Crippen LogP contribution in [0, 0.1) is 0 Å². The fourth-order valence-corrected chi connectivity index (χ4v) is 32.6. The van der Waals surface area contributed by atoms with Crippen LogP contribution in [0.3, 0.4) is 0 Å². The van der Waals surface area contributed by atoms with E-state index in [9.17, 15) is 0 Å². The fraction of sp³-hybridized carbons (Fsp3) is 0.200. The minimum absolute atomic E-state index is 0. The molecular weight excluding hydrogens is 671 g/mol. The van der Waals surface area contributed by atoms with Crippen LogP contribution >= 0.6 is 24.8 Å². The van der Waals surface area contributed by atoms with Crippen LogP contribution < -0.4 is 6.54 Å². The zero-order valence-corrected chi connectivity index (χ0v) is 31.9. The average Bonchev–Trinajstić information content (AvgIpc) is 3.65. The van der Waals surface area contributed by atoms with Gasteiger partial charge < -0.3 is 0 Å². The first-order chi connectivity index (χ1) is 20.4. The molecule has 0 bridgehead atoms. The number of hydrogen-bond donors (Lipinski definition) is 0. The summed E-state index contributed by atoms with van der Waals surface area (Å²) in [5.41, 5.74) is 11.3. The molecule has 2 aliphatic carbocycles. The molecule has 2 aliphatic rings. The average molecular weight is 715 g/mol. The van der Waals surface area contributed by atoms with Gasteiger partial charge in [-0.25, -0.2) is 0 Å². The third-order valence-electron chi connectivity index (χ3n) is 10.2. The summed E-state index contributed by atoms with van der Waals surface area (Å²) in [6.45, 7) is 11.7. The molecule has 4 heteroatoms. The Morgan fingerprint density at radius 1 is 0.523 bits per heavy atom. The van der Waals surface area contributed by atoms with Crippen molar-refractivity contribution < 1.29 is 17.4 Å². The Hall–Kier alpha value is -2.48. The third kappa shape index (κ3) is 5.47. The van der Waals surface area contributed by atoms with Crippen molar-refractivity contribution in [1.82, 2.24) is 0 Å². The van der Waals surface area contributed by atoms with Gasteiger partial charge in [0.2, 0.25) is 0 Å². The molecule has 0 unspecified atom stereocenters. The molecule has 0 aliphatic heterocycles. The summed E-state index contributed by atoms with van der Waals surface area (Å²) in [6, 6.07) is 41.8. The van der Waals surface area contributed by atoms with Crippen LogP contribution in [0.1, 0.15) is 62.8 Å². The molecule has 0 radical (unpaired) electrons. The molecule has 0 saturated carbocycles. The van der Waals surface area contributed by atoms with Crippen molar-refractivity contribution in [3.63, 3.8) is 0 Å². The topological polar surface area (TPSA) is 0 Å². The second-order valence-corrected chi connectivity index (χ2v) is 33.5. The number of rotatable bonds is 8. The van der Waals surface area contributed by atoms with Crippen LogP contribution in [0.5, 0.6) is 0 Å². The van der Waals surface area contributed by atoms with Crippen molar-refractivity contribution in [3.05, 3.63) is 161 Å². The maximum absolute atomic E-state index is 4.37. The van der Waals surface area contributed by atoms with Crippen molar-refractivity contribution in [2.45, 2.75) is 53.4 Å². The van der Waals surface area contributed by atoms with Crippen molar-refractivity contribution >= 4 is 49.4 Å². The van der Waals surface area contributed by atoms with Crippen molar-refractivity contribution in [3.8, 4) is 0 Å². The second kappa shape index (κ2) is 13.9. The molecule has 0 spiro atoms. The van der Waals surface area contributed by atoms with Crippen molar-refractivity contribution in [2.75, 3.05) is 0 Å². The first kappa shape index (κ1) is 34.4. The van der Waals surface area contributed by atoms with E-state index in [4.69, 9.17) is 0 Å². The van der Waals surface area contributed by atoms with Crippen LogP contribution in [0.25, 0.3) is 11.1 Å². The molecule has 0 nitrogen and oxygen atoms in total. The van der Waals surface area contributed by atoms with E-state index < -0.39 is 17.4 Å². The summed E-state index contributed by atoms with van der Waals surface area (Å²) in [4.78, 5) is 0. The van der Waals surface area contributed by atoms with Gasteiger partial charge in [0.05, 0.1) is 0 Å². The molecule has 44 heavy (non-hydrogen) atoms. The van der Waals surface area contributed by atoms with Gasteiger partial charge in [-0.05, 0) is 0 Å². The molecule has 0 heterocycles. The minimum Gasteiger partial charge on any atom is -0.147 e. The number of allylic oxidation sites excluding steroid dienone is 8. The zero-order valence-electron chi connectivity index (χ0n) is 26.4. The number of hydrogen-bond acceptors (Lipinski definition) is 0. The van der Waals surface area contributed by atoms with Gasteiger partial charge in [0, 0.05) is 0 Å². The molecule has 0 fully saturated rings. The van der Waals surface area contributed by atoms with Gasteiger partial charge in [0.25, 0.3) is 0 Å². The Bertz CT molecular complexity index is 1690. The van der Waals surface area contributed by atoms with E-state index >= 15 is 0 Å². The third-order valence-corrected chi connectivity index (χ3v) is 37.4. The monoisotopic (exact) mass is 712 g/mol. The van der Waals surface area contributed by atoms with Crippen LogP contribution in [0.4, 0.5) is 0 Å². The van der Waals surface area contributed by atoms with E-state index in [2.05, 4.69) is 156 Å². The predicted molar refractivity (Wildman–Crippen MR) is 197 cm³/mol. The van der Waals surface area contributed by atoms with Gasteiger partial charge in [-0.3, -0.25) is 0 Å². The Kier molecular flexibility index (Phi) is 10.9. The largest absolute Gasteiger partial charge is 0.147 e. The summed E-state index contributed by atoms with van der Waals surface area (Å²) >= 11 is -4.37.